The highest BCUT2D eigenvalue weighted by atomic mass is 16.7. The molecule has 0 amide bonds. The van der Waals surface area contributed by atoms with Crippen LogP contribution in [-0.4, -0.2) is 25.3 Å². The van der Waals surface area contributed by atoms with Crippen LogP contribution < -0.4 is 0 Å². The van der Waals surface area contributed by atoms with Gasteiger partial charge >= 0.3 is 0 Å². The first-order valence-electron chi connectivity index (χ1n) is 7.56. The van der Waals surface area contributed by atoms with Crippen molar-refractivity contribution in [3.8, 4) is 0 Å². The number of hydrogen-bond acceptors (Lipinski definition) is 3. The van der Waals surface area contributed by atoms with E-state index in [-0.39, 0.29) is 17.1 Å². The summed E-state index contributed by atoms with van der Waals surface area (Å²) in [6, 6.07) is 0. The Morgan fingerprint density at radius 2 is 1.74 bits per heavy atom. The van der Waals surface area contributed by atoms with Gasteiger partial charge in [-0.2, -0.15) is 0 Å². The minimum Gasteiger partial charge on any atom is -0.353 e. The Bertz CT molecular complexity index is 305. The maximum absolute atomic E-state index is 11.6. The van der Waals surface area contributed by atoms with Gasteiger partial charge in [0.15, 0.2) is 6.29 Å². The van der Waals surface area contributed by atoms with Crippen LogP contribution in [-0.2, 0) is 14.3 Å². The summed E-state index contributed by atoms with van der Waals surface area (Å²) in [6.07, 6.45) is 3.22. The molecule has 0 spiro atoms. The Kier molecular flexibility index (Phi) is 5.57. The summed E-state index contributed by atoms with van der Waals surface area (Å²) >= 11 is 0. The number of rotatable bonds is 4. The number of carbonyl (C=O) groups excluding carboxylic acids is 1. The second kappa shape index (κ2) is 6.36. The lowest BCUT2D eigenvalue weighted by molar-refractivity contribution is -0.128. The van der Waals surface area contributed by atoms with E-state index in [2.05, 4.69) is 20.8 Å². The molecule has 0 radical (unpaired) electrons. The molecule has 2 rings (SSSR count). The highest BCUT2D eigenvalue weighted by Crippen LogP contribution is 2.63. The monoisotopic (exact) mass is 270 g/mol. The molecule has 2 unspecified atom stereocenters. The van der Waals surface area contributed by atoms with Gasteiger partial charge in [0.25, 0.3) is 0 Å². The maximum Gasteiger partial charge on any atom is 0.154 e. The molecule has 0 aromatic rings. The zero-order valence-corrected chi connectivity index (χ0v) is 13.4. The van der Waals surface area contributed by atoms with Crippen molar-refractivity contribution in [2.24, 2.45) is 16.7 Å². The van der Waals surface area contributed by atoms with Crippen LogP contribution in [0.2, 0.25) is 0 Å². The Hall–Kier alpha value is -0.410. The van der Waals surface area contributed by atoms with Crippen LogP contribution in [0, 0.1) is 16.7 Å². The van der Waals surface area contributed by atoms with Crippen LogP contribution in [0.4, 0.5) is 0 Å². The minimum atomic E-state index is -0.0370. The Labute approximate surface area is 118 Å². The number of hydrogen-bond donors (Lipinski definition) is 0. The van der Waals surface area contributed by atoms with Crippen molar-refractivity contribution < 1.29 is 14.3 Å². The number of fused-ring (bicyclic) bond motifs is 2. The highest BCUT2D eigenvalue weighted by Gasteiger charge is 2.61. The van der Waals surface area contributed by atoms with E-state index in [1.807, 2.05) is 20.8 Å². The van der Waals surface area contributed by atoms with E-state index in [1.165, 1.54) is 6.42 Å². The lowest BCUT2D eigenvalue weighted by atomic mass is 9.70. The van der Waals surface area contributed by atoms with Gasteiger partial charge in [0, 0.05) is 25.0 Å². The zero-order chi connectivity index (χ0) is 14.7. The molecular formula is C16H30O3. The van der Waals surface area contributed by atoms with Crippen molar-refractivity contribution in [1.29, 1.82) is 0 Å². The van der Waals surface area contributed by atoms with Crippen molar-refractivity contribution >= 4 is 5.78 Å². The first kappa shape index (κ1) is 16.6. The molecule has 2 atom stereocenters. The molecule has 2 aliphatic carbocycles. The second-order valence-electron chi connectivity index (χ2n) is 6.40. The molecule has 0 aromatic heterocycles. The number of carbonyl (C=O) groups is 1. The largest absolute Gasteiger partial charge is 0.353 e. The van der Waals surface area contributed by atoms with Gasteiger partial charge in [-0.05, 0) is 44.9 Å². The molecule has 0 N–H and O–H groups in total. The van der Waals surface area contributed by atoms with Crippen LogP contribution in [0.15, 0.2) is 0 Å². The molecule has 2 saturated carbocycles. The predicted octanol–water partition coefficient (Wildman–Crippen LogP) is 3.81. The summed E-state index contributed by atoms with van der Waals surface area (Å²) in [5.41, 5.74) is 0.307. The molecule has 2 fully saturated rings. The van der Waals surface area contributed by atoms with Gasteiger partial charge < -0.3 is 9.47 Å². The summed E-state index contributed by atoms with van der Waals surface area (Å²) < 4.78 is 10.1. The molecule has 2 bridgehead atoms. The topological polar surface area (TPSA) is 35.5 Å². The lowest BCUT2D eigenvalue weighted by Crippen LogP contribution is -2.32. The van der Waals surface area contributed by atoms with E-state index >= 15 is 0 Å². The predicted molar refractivity (Wildman–Crippen MR) is 77.0 cm³/mol. The normalized spacial score (nSPS) is 31.5. The molecule has 2 aliphatic rings. The molecule has 112 valence electrons. The minimum absolute atomic E-state index is 0.0255. The summed E-state index contributed by atoms with van der Waals surface area (Å²) in [4.78, 5) is 11.6. The van der Waals surface area contributed by atoms with Crippen molar-refractivity contribution in [3.05, 3.63) is 0 Å². The third-order valence-corrected chi connectivity index (χ3v) is 5.29. The van der Waals surface area contributed by atoms with Crippen LogP contribution in [0.1, 0.15) is 60.8 Å². The molecular weight excluding hydrogens is 240 g/mol. The van der Waals surface area contributed by atoms with Crippen LogP contribution >= 0.6 is 0 Å². The average Bonchev–Trinajstić information content (AvgIpc) is 2.63. The Morgan fingerprint density at radius 1 is 1.21 bits per heavy atom. The van der Waals surface area contributed by atoms with Gasteiger partial charge in [-0.1, -0.05) is 20.8 Å². The first-order chi connectivity index (χ1) is 8.79. The fraction of sp³-hybridized carbons (Fsp3) is 0.938. The second-order valence-corrected chi connectivity index (χ2v) is 6.40. The molecule has 3 nitrogen and oxygen atoms in total. The van der Waals surface area contributed by atoms with E-state index in [9.17, 15) is 4.79 Å². The van der Waals surface area contributed by atoms with Crippen molar-refractivity contribution in [3.63, 3.8) is 0 Å². The Balaban J connectivity index is 0.000000203. The lowest BCUT2D eigenvalue weighted by Gasteiger charge is -2.32. The summed E-state index contributed by atoms with van der Waals surface area (Å²) in [6.45, 7) is 13.9. The van der Waals surface area contributed by atoms with E-state index in [0.29, 0.717) is 11.7 Å². The molecule has 19 heavy (non-hydrogen) atoms. The van der Waals surface area contributed by atoms with Crippen molar-refractivity contribution in [2.45, 2.75) is 67.1 Å². The number of ether oxygens (including phenoxy) is 2. The zero-order valence-electron chi connectivity index (χ0n) is 13.4. The van der Waals surface area contributed by atoms with Gasteiger partial charge in [0.1, 0.15) is 5.78 Å². The fourth-order valence-electron chi connectivity index (χ4n) is 3.42. The number of Topliss-reactive ketones (excluding diaryl/α,β-unsaturated/α-hetero) is 1. The smallest absolute Gasteiger partial charge is 0.154 e. The summed E-state index contributed by atoms with van der Waals surface area (Å²) in [5.74, 6) is 1.19. The maximum atomic E-state index is 11.6. The van der Waals surface area contributed by atoms with Crippen molar-refractivity contribution in [1.82, 2.24) is 0 Å². The quantitative estimate of drug-likeness (QED) is 0.729. The van der Waals surface area contributed by atoms with Gasteiger partial charge in [-0.25, -0.2) is 0 Å². The SMILES string of the molecule is CC12CCC(CC1=O)C2(C)C.CCOC(C)OCC. The number of ketones is 1. The fourth-order valence-corrected chi connectivity index (χ4v) is 3.42. The van der Waals surface area contributed by atoms with Gasteiger partial charge in [0.2, 0.25) is 0 Å². The van der Waals surface area contributed by atoms with E-state index in [1.54, 1.807) is 0 Å². The molecule has 0 saturated heterocycles. The first-order valence-corrected chi connectivity index (χ1v) is 7.56. The van der Waals surface area contributed by atoms with E-state index in [0.717, 1.165) is 26.1 Å². The van der Waals surface area contributed by atoms with Crippen molar-refractivity contribution in [2.75, 3.05) is 13.2 Å². The molecule has 3 heteroatoms. The van der Waals surface area contributed by atoms with Gasteiger partial charge in [-0.15, -0.1) is 0 Å². The van der Waals surface area contributed by atoms with Gasteiger partial charge in [0.05, 0.1) is 0 Å². The van der Waals surface area contributed by atoms with E-state index in [4.69, 9.17) is 9.47 Å². The third-order valence-electron chi connectivity index (χ3n) is 5.29. The summed E-state index contributed by atoms with van der Waals surface area (Å²) in [5, 5.41) is 0. The molecule has 0 heterocycles. The van der Waals surface area contributed by atoms with Crippen LogP contribution in [0.5, 0.6) is 0 Å². The van der Waals surface area contributed by atoms with Crippen LogP contribution in [0.3, 0.4) is 0 Å². The van der Waals surface area contributed by atoms with Gasteiger partial charge in [-0.3, -0.25) is 4.79 Å². The van der Waals surface area contributed by atoms with E-state index < -0.39 is 0 Å². The average molecular weight is 270 g/mol. The molecule has 0 aliphatic heterocycles. The Morgan fingerprint density at radius 3 is 1.95 bits per heavy atom. The standard InChI is InChI=1S/C10H16O.C6H14O2/c1-9(2)7-4-5-10(9,3)8(11)6-7;1-4-7-6(3)8-5-2/h7H,4-6H2,1-3H3;6H,4-5H2,1-3H3. The highest BCUT2D eigenvalue weighted by molar-refractivity contribution is 5.89. The summed E-state index contributed by atoms with van der Waals surface area (Å²) in [7, 11) is 0. The van der Waals surface area contributed by atoms with Crippen LogP contribution in [0.25, 0.3) is 0 Å². The molecule has 0 aromatic carbocycles. The third kappa shape index (κ3) is 3.19.